The number of pyridine rings is 1. The number of amides is 3. The van der Waals surface area contributed by atoms with Crippen molar-refractivity contribution >= 4 is 57.5 Å². The maximum atomic E-state index is 15.3. The first-order chi connectivity index (χ1) is 20.1. The fourth-order valence-corrected chi connectivity index (χ4v) is 6.03. The molecular weight excluding hydrogens is 570 g/mol. The van der Waals surface area contributed by atoms with Gasteiger partial charge >= 0.3 is 5.97 Å². The number of fused-ring (bicyclic) bond motifs is 1. The predicted octanol–water partition coefficient (Wildman–Crippen LogP) is 3.70. The zero-order valence-corrected chi connectivity index (χ0v) is 22.9. The van der Waals surface area contributed by atoms with Crippen molar-refractivity contribution in [2.75, 3.05) is 37.6 Å². The Balaban J connectivity index is 1.15. The lowest BCUT2D eigenvalue weighted by molar-refractivity contribution is -0.136. The molecule has 10 nitrogen and oxygen atoms in total. The number of aromatic nitrogens is 1. The standard InChI is InChI=1S/C29H24F2N4O6S/c30-17-3-1-16(2-4-17)11-24-27(38)35(29(41)42-24)15-25(36)33-9-7-32(8-10-33)23-13-22-19(12-21(23)31)26(37)20(28(39)40)14-34(22)18-5-6-18/h1-4,11-14,18H,5-10,15H2,(H,39,40)/b24-11-. The summed E-state index contributed by atoms with van der Waals surface area (Å²) in [5.41, 5.74) is 0.0933. The van der Waals surface area contributed by atoms with Crippen molar-refractivity contribution in [3.05, 3.63) is 80.5 Å². The van der Waals surface area contributed by atoms with Gasteiger partial charge in [0.2, 0.25) is 11.3 Å². The molecule has 0 unspecified atom stereocenters. The lowest BCUT2D eigenvalue weighted by Gasteiger charge is -2.36. The second kappa shape index (κ2) is 10.7. The number of aromatic carboxylic acids is 1. The van der Waals surface area contributed by atoms with Crippen LogP contribution in [0.5, 0.6) is 0 Å². The van der Waals surface area contributed by atoms with Crippen LogP contribution in [0, 0.1) is 11.6 Å². The summed E-state index contributed by atoms with van der Waals surface area (Å²) >= 11 is 0.708. The number of nitrogens with zero attached hydrogens (tertiary/aromatic N) is 4. The van der Waals surface area contributed by atoms with Crippen molar-refractivity contribution in [2.24, 2.45) is 0 Å². The lowest BCUT2D eigenvalue weighted by Crippen LogP contribution is -2.52. The smallest absolute Gasteiger partial charge is 0.341 e. The zero-order chi connectivity index (χ0) is 29.7. The molecule has 6 rings (SSSR count). The fourth-order valence-electron chi connectivity index (χ4n) is 5.19. The highest BCUT2D eigenvalue weighted by molar-refractivity contribution is 8.18. The number of hydrogen-bond acceptors (Lipinski definition) is 7. The highest BCUT2D eigenvalue weighted by Crippen LogP contribution is 2.38. The molecule has 1 saturated carbocycles. The number of carboxylic acids is 1. The van der Waals surface area contributed by atoms with Crippen LogP contribution < -0.4 is 10.3 Å². The minimum Gasteiger partial charge on any atom is -0.477 e. The Morgan fingerprint density at radius 3 is 2.33 bits per heavy atom. The molecule has 0 radical (unpaired) electrons. The van der Waals surface area contributed by atoms with E-state index in [2.05, 4.69) is 0 Å². The highest BCUT2D eigenvalue weighted by atomic mass is 32.2. The number of imide groups is 1. The molecule has 1 aliphatic carbocycles. The first kappa shape index (κ1) is 27.6. The third-order valence-electron chi connectivity index (χ3n) is 7.58. The van der Waals surface area contributed by atoms with Crippen molar-refractivity contribution in [2.45, 2.75) is 18.9 Å². The Bertz CT molecular complexity index is 1740. The number of rotatable bonds is 6. The van der Waals surface area contributed by atoms with Crippen LogP contribution in [0.2, 0.25) is 0 Å². The third-order valence-corrected chi connectivity index (χ3v) is 8.49. The van der Waals surface area contributed by atoms with E-state index in [1.807, 2.05) is 0 Å². The molecule has 3 fully saturated rings. The van der Waals surface area contributed by atoms with Crippen LogP contribution in [0.1, 0.15) is 34.8 Å². The van der Waals surface area contributed by atoms with Crippen LogP contribution in [0.3, 0.4) is 0 Å². The van der Waals surface area contributed by atoms with Gasteiger partial charge in [0.1, 0.15) is 23.7 Å². The van der Waals surface area contributed by atoms with E-state index < -0.39 is 52.2 Å². The van der Waals surface area contributed by atoms with Crippen LogP contribution >= 0.6 is 11.8 Å². The minimum absolute atomic E-state index is 0.00234. The zero-order valence-electron chi connectivity index (χ0n) is 22.1. The van der Waals surface area contributed by atoms with E-state index in [-0.39, 0.29) is 48.2 Å². The number of carbonyl (C=O) groups excluding carboxylic acids is 3. The van der Waals surface area contributed by atoms with Gasteiger partial charge in [-0.15, -0.1) is 0 Å². The summed E-state index contributed by atoms with van der Waals surface area (Å²) in [6.07, 6.45) is 4.45. The Kier molecular flexibility index (Phi) is 7.05. The van der Waals surface area contributed by atoms with E-state index in [4.69, 9.17) is 0 Å². The lowest BCUT2D eigenvalue weighted by atomic mass is 10.1. The summed E-state index contributed by atoms with van der Waals surface area (Å²) in [6.45, 7) is 0.523. The molecule has 216 valence electrons. The second-order valence-electron chi connectivity index (χ2n) is 10.3. The molecule has 0 bridgehead atoms. The van der Waals surface area contributed by atoms with Gasteiger partial charge in [-0.25, -0.2) is 13.6 Å². The van der Waals surface area contributed by atoms with Crippen LogP contribution in [0.4, 0.5) is 19.3 Å². The Morgan fingerprint density at radius 1 is 1.00 bits per heavy atom. The van der Waals surface area contributed by atoms with E-state index in [9.17, 15) is 33.5 Å². The third kappa shape index (κ3) is 5.15. The van der Waals surface area contributed by atoms with Gasteiger partial charge in [0.15, 0.2) is 0 Å². The van der Waals surface area contributed by atoms with Gasteiger partial charge in [-0.05, 0) is 60.5 Å². The molecule has 0 spiro atoms. The van der Waals surface area contributed by atoms with E-state index >= 15 is 4.39 Å². The van der Waals surface area contributed by atoms with Crippen LogP contribution in [-0.4, -0.2) is 75.2 Å². The quantitative estimate of drug-likeness (QED) is 0.429. The van der Waals surface area contributed by atoms with Crippen LogP contribution in [-0.2, 0) is 9.59 Å². The van der Waals surface area contributed by atoms with E-state index in [0.717, 1.165) is 23.8 Å². The van der Waals surface area contributed by atoms with Gasteiger partial charge < -0.3 is 19.5 Å². The van der Waals surface area contributed by atoms with Crippen molar-refractivity contribution in [1.29, 1.82) is 0 Å². The summed E-state index contributed by atoms with van der Waals surface area (Å²) in [5, 5.41) is 8.87. The molecule has 3 aliphatic rings. The molecule has 1 aromatic heterocycles. The van der Waals surface area contributed by atoms with E-state index in [1.54, 1.807) is 15.5 Å². The van der Waals surface area contributed by atoms with Crippen LogP contribution in [0.15, 0.2) is 52.3 Å². The second-order valence-corrected chi connectivity index (χ2v) is 11.3. The first-order valence-electron chi connectivity index (χ1n) is 13.3. The molecule has 3 heterocycles. The van der Waals surface area contributed by atoms with Gasteiger partial charge in [-0.1, -0.05) is 12.1 Å². The Morgan fingerprint density at radius 2 is 1.69 bits per heavy atom. The van der Waals surface area contributed by atoms with Gasteiger partial charge in [0.05, 0.1) is 16.1 Å². The molecule has 3 amide bonds. The monoisotopic (exact) mass is 594 g/mol. The number of halogens is 2. The predicted molar refractivity (Wildman–Crippen MR) is 151 cm³/mol. The number of piperazine rings is 1. The molecule has 42 heavy (non-hydrogen) atoms. The number of anilines is 1. The average molecular weight is 595 g/mol. The molecule has 1 N–H and O–H groups in total. The summed E-state index contributed by atoms with van der Waals surface area (Å²) in [6, 6.07) is 8.11. The van der Waals surface area contributed by atoms with Crippen molar-refractivity contribution in [3.63, 3.8) is 0 Å². The van der Waals surface area contributed by atoms with Gasteiger partial charge in [0.25, 0.3) is 11.1 Å². The number of hydrogen-bond donors (Lipinski definition) is 1. The highest BCUT2D eigenvalue weighted by Gasteiger charge is 2.37. The number of carboxylic acid groups (broad SMARTS) is 1. The normalized spacial score (nSPS) is 18.4. The van der Waals surface area contributed by atoms with Crippen molar-refractivity contribution in [3.8, 4) is 0 Å². The molecule has 2 saturated heterocycles. The van der Waals surface area contributed by atoms with Crippen LogP contribution in [0.25, 0.3) is 17.0 Å². The maximum Gasteiger partial charge on any atom is 0.341 e. The van der Waals surface area contributed by atoms with Crippen molar-refractivity contribution < 1.29 is 33.1 Å². The minimum atomic E-state index is -1.36. The molecular formula is C29H24F2N4O6S. The van der Waals surface area contributed by atoms with Gasteiger partial charge in [-0.3, -0.25) is 24.1 Å². The number of thioether (sulfide) groups is 1. The Labute approximate surface area is 241 Å². The summed E-state index contributed by atoms with van der Waals surface area (Å²) in [7, 11) is 0. The molecule has 13 heteroatoms. The average Bonchev–Trinajstić information content (AvgIpc) is 3.78. The molecule has 3 aromatic rings. The first-order valence-corrected chi connectivity index (χ1v) is 14.1. The molecule has 2 aliphatic heterocycles. The summed E-state index contributed by atoms with van der Waals surface area (Å²) in [5.74, 6) is -3.50. The fraction of sp³-hybridized carbons (Fsp3) is 0.276. The largest absolute Gasteiger partial charge is 0.477 e. The summed E-state index contributed by atoms with van der Waals surface area (Å²) < 4.78 is 30.2. The van der Waals surface area contributed by atoms with Crippen molar-refractivity contribution in [1.82, 2.24) is 14.4 Å². The van der Waals surface area contributed by atoms with E-state index in [0.29, 0.717) is 22.8 Å². The topological polar surface area (TPSA) is 120 Å². The maximum absolute atomic E-state index is 15.3. The van der Waals surface area contributed by atoms with Gasteiger partial charge in [0, 0.05) is 43.8 Å². The molecule has 2 aromatic carbocycles. The number of benzene rings is 2. The van der Waals surface area contributed by atoms with E-state index in [1.165, 1.54) is 41.4 Å². The number of carbonyl (C=O) groups is 4. The Hall–Kier alpha value is -4.52. The molecule has 0 atom stereocenters. The summed E-state index contributed by atoms with van der Waals surface area (Å²) in [4.78, 5) is 66.9. The SMILES string of the molecule is O=C(O)c1cn(C2CC2)c2cc(N3CCN(C(=O)CN4C(=O)S/C(=C\c5ccc(F)cc5)C4=O)CC3)c(F)cc2c1=O. The van der Waals surface area contributed by atoms with Gasteiger partial charge in [-0.2, -0.15) is 0 Å².